The van der Waals surface area contributed by atoms with E-state index in [0.29, 0.717) is 17.8 Å². The first kappa shape index (κ1) is 17.2. The molecule has 4 nitrogen and oxygen atoms in total. The van der Waals surface area contributed by atoms with Crippen molar-refractivity contribution in [2.45, 2.75) is 37.8 Å². The van der Waals surface area contributed by atoms with Crippen LogP contribution < -0.4 is 4.74 Å². The third-order valence-corrected chi connectivity index (χ3v) is 5.80. The topological polar surface area (TPSA) is 32.8 Å². The first-order valence-electron chi connectivity index (χ1n) is 8.74. The summed E-state index contributed by atoms with van der Waals surface area (Å²) in [6, 6.07) is 6.91. The quantitative estimate of drug-likeness (QED) is 0.830. The minimum absolute atomic E-state index is 0.0339. The summed E-state index contributed by atoms with van der Waals surface area (Å²) in [4.78, 5) is 16.5. The molecular formula is C19H27FN2O2. The molecule has 1 amide bonds. The van der Waals surface area contributed by atoms with Gasteiger partial charge in [0.25, 0.3) is 5.91 Å². The van der Waals surface area contributed by atoms with E-state index in [0.717, 1.165) is 24.7 Å². The van der Waals surface area contributed by atoms with Crippen LogP contribution in [-0.2, 0) is 4.79 Å². The Balaban J connectivity index is 1.49. The van der Waals surface area contributed by atoms with Crippen molar-refractivity contribution in [2.75, 3.05) is 27.7 Å². The van der Waals surface area contributed by atoms with E-state index in [4.69, 9.17) is 4.74 Å². The number of rotatable bonds is 5. The van der Waals surface area contributed by atoms with Crippen LogP contribution in [0.5, 0.6) is 5.75 Å². The zero-order chi connectivity index (χ0) is 17.3. The molecule has 132 valence electrons. The number of hydrogen-bond donors (Lipinski definition) is 0. The molecule has 1 aromatic carbocycles. The largest absolute Gasteiger partial charge is 0.484 e. The molecule has 2 aliphatic rings. The van der Waals surface area contributed by atoms with Crippen molar-refractivity contribution in [1.82, 2.24) is 9.80 Å². The van der Waals surface area contributed by atoms with Gasteiger partial charge < -0.3 is 14.5 Å². The fourth-order valence-electron chi connectivity index (χ4n) is 4.30. The smallest absolute Gasteiger partial charge is 0.260 e. The van der Waals surface area contributed by atoms with Crippen molar-refractivity contribution in [3.8, 4) is 5.75 Å². The molecule has 4 atom stereocenters. The van der Waals surface area contributed by atoms with Gasteiger partial charge in [-0.15, -0.1) is 0 Å². The molecule has 0 radical (unpaired) electrons. The van der Waals surface area contributed by atoms with Gasteiger partial charge in [-0.1, -0.05) is 6.07 Å². The van der Waals surface area contributed by atoms with Crippen LogP contribution in [0, 0.1) is 17.7 Å². The van der Waals surface area contributed by atoms with Crippen LogP contribution in [0.25, 0.3) is 0 Å². The minimum Gasteiger partial charge on any atom is -0.484 e. The van der Waals surface area contributed by atoms with Crippen molar-refractivity contribution in [3.63, 3.8) is 0 Å². The van der Waals surface area contributed by atoms with Gasteiger partial charge in [0, 0.05) is 25.2 Å². The van der Waals surface area contributed by atoms with Gasteiger partial charge in [-0.3, -0.25) is 4.79 Å². The van der Waals surface area contributed by atoms with Crippen molar-refractivity contribution >= 4 is 5.91 Å². The number of halogens is 1. The van der Waals surface area contributed by atoms with E-state index in [1.54, 1.807) is 12.1 Å². The lowest BCUT2D eigenvalue weighted by Gasteiger charge is -2.27. The molecule has 0 aromatic heterocycles. The second kappa shape index (κ2) is 7.09. The summed E-state index contributed by atoms with van der Waals surface area (Å²) >= 11 is 0. The van der Waals surface area contributed by atoms with E-state index < -0.39 is 0 Å². The molecule has 2 unspecified atom stereocenters. The van der Waals surface area contributed by atoms with Gasteiger partial charge in [-0.05, 0) is 63.7 Å². The predicted octanol–water partition coefficient (Wildman–Crippen LogP) is 2.78. The molecule has 2 fully saturated rings. The minimum atomic E-state index is -0.354. The first-order chi connectivity index (χ1) is 11.4. The van der Waals surface area contributed by atoms with E-state index in [9.17, 15) is 9.18 Å². The lowest BCUT2D eigenvalue weighted by atomic mass is 10.0. The number of hydrogen-bond acceptors (Lipinski definition) is 3. The monoisotopic (exact) mass is 334 g/mol. The Kier molecular flexibility index (Phi) is 5.09. The van der Waals surface area contributed by atoms with E-state index >= 15 is 0 Å². The molecule has 0 spiro atoms. The van der Waals surface area contributed by atoms with Crippen LogP contribution in [-0.4, -0.2) is 55.5 Å². The molecule has 2 saturated carbocycles. The SMILES string of the molecule is CN(C)C1C[C@@H]2CC(N(C)C(=O)COc3cccc(F)c3)C[C@@H]2C1. The van der Waals surface area contributed by atoms with E-state index in [1.807, 2.05) is 11.9 Å². The molecule has 2 aliphatic carbocycles. The second-order valence-electron chi connectivity index (χ2n) is 7.48. The lowest BCUT2D eigenvalue weighted by Crippen LogP contribution is -2.39. The van der Waals surface area contributed by atoms with Gasteiger partial charge in [0.2, 0.25) is 0 Å². The first-order valence-corrected chi connectivity index (χ1v) is 8.74. The average molecular weight is 334 g/mol. The summed E-state index contributed by atoms with van der Waals surface area (Å²) in [6.45, 7) is -0.0356. The van der Waals surface area contributed by atoms with Gasteiger partial charge in [-0.2, -0.15) is 0 Å². The van der Waals surface area contributed by atoms with Crippen LogP contribution >= 0.6 is 0 Å². The maximum atomic E-state index is 13.1. The van der Waals surface area contributed by atoms with Gasteiger partial charge in [0.15, 0.2) is 6.61 Å². The highest BCUT2D eigenvalue weighted by molar-refractivity contribution is 5.77. The van der Waals surface area contributed by atoms with Crippen LogP contribution in [0.1, 0.15) is 25.7 Å². The number of carbonyl (C=O) groups excluding carboxylic acids is 1. The molecule has 0 heterocycles. The molecule has 0 N–H and O–H groups in total. The number of benzene rings is 1. The Labute approximate surface area is 143 Å². The normalized spacial score (nSPS) is 28.9. The Morgan fingerprint density at radius 3 is 2.33 bits per heavy atom. The summed E-state index contributed by atoms with van der Waals surface area (Å²) < 4.78 is 18.6. The van der Waals surface area contributed by atoms with Gasteiger partial charge >= 0.3 is 0 Å². The van der Waals surface area contributed by atoms with E-state index in [2.05, 4.69) is 19.0 Å². The molecule has 0 aliphatic heterocycles. The molecule has 5 heteroatoms. The Morgan fingerprint density at radius 2 is 1.75 bits per heavy atom. The lowest BCUT2D eigenvalue weighted by molar-refractivity contribution is -0.134. The molecular weight excluding hydrogens is 307 g/mol. The van der Waals surface area contributed by atoms with Crippen molar-refractivity contribution < 1.29 is 13.9 Å². The predicted molar refractivity (Wildman–Crippen MR) is 91.4 cm³/mol. The molecule has 24 heavy (non-hydrogen) atoms. The van der Waals surface area contributed by atoms with Gasteiger partial charge in [0.1, 0.15) is 11.6 Å². The number of carbonyl (C=O) groups is 1. The van der Waals surface area contributed by atoms with Crippen LogP contribution in [0.2, 0.25) is 0 Å². The zero-order valence-corrected chi connectivity index (χ0v) is 14.7. The third-order valence-electron chi connectivity index (χ3n) is 5.80. The second-order valence-corrected chi connectivity index (χ2v) is 7.48. The van der Waals surface area contributed by atoms with Crippen molar-refractivity contribution in [2.24, 2.45) is 11.8 Å². The third kappa shape index (κ3) is 3.72. The van der Waals surface area contributed by atoms with Crippen molar-refractivity contribution in [3.05, 3.63) is 30.1 Å². The average Bonchev–Trinajstić information content (AvgIpc) is 3.10. The van der Waals surface area contributed by atoms with Gasteiger partial charge in [-0.25, -0.2) is 4.39 Å². The van der Waals surface area contributed by atoms with Gasteiger partial charge in [0.05, 0.1) is 0 Å². The highest BCUT2D eigenvalue weighted by Gasteiger charge is 2.44. The number of amides is 1. The standard InChI is InChI=1S/C19H27FN2O2/c1-21(2)16-7-13-9-17(10-14(13)8-16)22(3)19(23)12-24-18-6-4-5-15(20)11-18/h4-6,11,13-14,16-17H,7-10,12H2,1-3H3/t13-,14+,16?,17?. The molecule has 3 rings (SSSR count). The zero-order valence-electron chi connectivity index (χ0n) is 14.7. The molecule has 0 bridgehead atoms. The van der Waals surface area contributed by atoms with Crippen molar-refractivity contribution in [1.29, 1.82) is 0 Å². The number of fused-ring (bicyclic) bond motifs is 1. The summed E-state index contributed by atoms with van der Waals surface area (Å²) in [5, 5.41) is 0. The summed E-state index contributed by atoms with van der Waals surface area (Å²) in [5.74, 6) is 1.48. The summed E-state index contributed by atoms with van der Waals surface area (Å²) in [7, 11) is 6.18. The maximum Gasteiger partial charge on any atom is 0.260 e. The number of ether oxygens (including phenoxy) is 1. The molecule has 1 aromatic rings. The Bertz CT molecular complexity index is 578. The van der Waals surface area contributed by atoms with E-state index in [1.165, 1.54) is 25.0 Å². The Hall–Kier alpha value is -1.62. The number of likely N-dealkylation sites (N-methyl/N-ethyl adjacent to an activating group) is 1. The highest BCUT2D eigenvalue weighted by atomic mass is 19.1. The summed E-state index contributed by atoms with van der Waals surface area (Å²) in [5.41, 5.74) is 0. The number of nitrogens with zero attached hydrogens (tertiary/aromatic N) is 2. The molecule has 0 saturated heterocycles. The van der Waals surface area contributed by atoms with Crippen LogP contribution in [0.15, 0.2) is 24.3 Å². The summed E-state index contributed by atoms with van der Waals surface area (Å²) in [6.07, 6.45) is 4.68. The maximum absolute atomic E-state index is 13.1. The highest BCUT2D eigenvalue weighted by Crippen LogP contribution is 2.46. The fourth-order valence-corrected chi connectivity index (χ4v) is 4.30. The fraction of sp³-hybridized carbons (Fsp3) is 0.632. The van der Waals surface area contributed by atoms with E-state index in [-0.39, 0.29) is 18.3 Å². The van der Waals surface area contributed by atoms with Crippen LogP contribution in [0.3, 0.4) is 0 Å². The Morgan fingerprint density at radius 1 is 1.12 bits per heavy atom. The van der Waals surface area contributed by atoms with Crippen LogP contribution in [0.4, 0.5) is 4.39 Å².